The van der Waals surface area contributed by atoms with Crippen molar-refractivity contribution in [2.45, 2.75) is 24.8 Å². The molecule has 0 spiro atoms. The molecule has 0 aliphatic heterocycles. The molecule has 0 saturated carbocycles. The number of carbonyl (C=O) groups is 2. The number of thioether (sulfide) groups is 1. The van der Waals surface area contributed by atoms with E-state index >= 15 is 0 Å². The number of nitrogens with one attached hydrogen (secondary N) is 2. The highest BCUT2D eigenvalue weighted by atomic mass is 32.2. The number of carbonyl (C=O) groups excluding carboxylic acids is 2. The van der Waals surface area contributed by atoms with Crippen LogP contribution >= 0.6 is 23.1 Å². The molecular formula is C17H20N2O2S2. The molecule has 0 aliphatic rings. The molecule has 2 aromatic rings. The van der Waals surface area contributed by atoms with Gasteiger partial charge in [0.05, 0.1) is 4.88 Å². The zero-order valence-electron chi connectivity index (χ0n) is 13.2. The molecule has 0 aliphatic carbocycles. The molecule has 4 nitrogen and oxygen atoms in total. The number of hydrogen-bond acceptors (Lipinski definition) is 4. The predicted molar refractivity (Wildman–Crippen MR) is 96.2 cm³/mol. The summed E-state index contributed by atoms with van der Waals surface area (Å²) in [5.41, 5.74) is 1.23. The van der Waals surface area contributed by atoms with Crippen molar-refractivity contribution in [3.8, 4) is 0 Å². The van der Waals surface area contributed by atoms with Gasteiger partial charge in [-0.3, -0.25) is 9.59 Å². The van der Waals surface area contributed by atoms with Gasteiger partial charge in [0.25, 0.3) is 5.91 Å². The molecule has 0 fully saturated rings. The van der Waals surface area contributed by atoms with Gasteiger partial charge in [-0.15, -0.1) is 23.1 Å². The Kier molecular flexibility index (Phi) is 6.67. The number of amides is 2. The average molecular weight is 348 g/mol. The molecule has 23 heavy (non-hydrogen) atoms. The minimum Gasteiger partial charge on any atom is -0.353 e. The zero-order chi connectivity index (χ0) is 16.7. The maximum Gasteiger partial charge on any atom is 0.261 e. The van der Waals surface area contributed by atoms with Crippen LogP contribution in [0.2, 0.25) is 0 Å². The van der Waals surface area contributed by atoms with Crippen LogP contribution in [0.15, 0.2) is 46.7 Å². The molecule has 1 atom stereocenters. The number of benzene rings is 1. The summed E-state index contributed by atoms with van der Waals surface area (Å²) in [6.07, 6.45) is 0. The van der Waals surface area contributed by atoms with Crippen molar-refractivity contribution in [1.29, 1.82) is 0 Å². The summed E-state index contributed by atoms with van der Waals surface area (Å²) in [4.78, 5) is 25.6. The van der Waals surface area contributed by atoms with Crippen LogP contribution in [0.3, 0.4) is 0 Å². The van der Waals surface area contributed by atoms with Gasteiger partial charge in [-0.2, -0.15) is 0 Å². The quantitative estimate of drug-likeness (QED) is 0.597. The average Bonchev–Trinajstić information content (AvgIpc) is 3.07. The lowest BCUT2D eigenvalue weighted by atomic mass is 10.2. The Bertz CT molecular complexity index is 639. The van der Waals surface area contributed by atoms with Crippen molar-refractivity contribution in [2.75, 3.05) is 12.3 Å². The molecule has 6 heteroatoms. The van der Waals surface area contributed by atoms with Gasteiger partial charge in [0.1, 0.15) is 6.04 Å². The second-order valence-electron chi connectivity index (χ2n) is 5.12. The lowest BCUT2D eigenvalue weighted by Crippen LogP contribution is -2.45. The molecule has 1 aromatic carbocycles. The summed E-state index contributed by atoms with van der Waals surface area (Å²) < 4.78 is 0. The number of aryl methyl sites for hydroxylation is 1. The summed E-state index contributed by atoms with van der Waals surface area (Å²) in [7, 11) is 0. The minimum atomic E-state index is -0.547. The first-order valence-electron chi connectivity index (χ1n) is 7.38. The van der Waals surface area contributed by atoms with Crippen molar-refractivity contribution in [1.82, 2.24) is 10.6 Å². The van der Waals surface area contributed by atoms with Gasteiger partial charge in [0, 0.05) is 17.2 Å². The van der Waals surface area contributed by atoms with Gasteiger partial charge in [0.2, 0.25) is 5.91 Å². The second kappa shape index (κ2) is 8.74. The minimum absolute atomic E-state index is 0.167. The van der Waals surface area contributed by atoms with Crippen LogP contribution in [0.25, 0.3) is 0 Å². The second-order valence-corrected chi connectivity index (χ2v) is 7.24. The third kappa shape index (κ3) is 5.73. The third-order valence-electron chi connectivity index (χ3n) is 3.18. The standard InChI is InChI=1S/C17H20N2O2S2/c1-12-5-7-14(8-6-12)22-11-9-18-16(20)13(2)19-17(21)15-4-3-10-23-15/h3-8,10,13H,9,11H2,1-2H3,(H,18,20)(H,19,21). The van der Waals surface area contributed by atoms with E-state index in [1.54, 1.807) is 24.8 Å². The smallest absolute Gasteiger partial charge is 0.261 e. The van der Waals surface area contributed by atoms with E-state index in [4.69, 9.17) is 0 Å². The molecule has 1 unspecified atom stereocenters. The summed E-state index contributed by atoms with van der Waals surface area (Å²) in [5, 5.41) is 7.38. The molecule has 0 saturated heterocycles. The molecule has 2 rings (SSSR count). The van der Waals surface area contributed by atoms with Crippen molar-refractivity contribution < 1.29 is 9.59 Å². The monoisotopic (exact) mass is 348 g/mol. The Balaban J connectivity index is 1.67. The molecule has 1 aromatic heterocycles. The number of rotatable bonds is 7. The Morgan fingerprint density at radius 1 is 1.22 bits per heavy atom. The zero-order valence-corrected chi connectivity index (χ0v) is 14.8. The van der Waals surface area contributed by atoms with Gasteiger partial charge in [-0.05, 0) is 37.4 Å². The SMILES string of the molecule is Cc1ccc(SCCNC(=O)C(C)NC(=O)c2cccs2)cc1. The lowest BCUT2D eigenvalue weighted by molar-refractivity contribution is -0.122. The maximum atomic E-state index is 12.0. The topological polar surface area (TPSA) is 58.2 Å². The normalized spacial score (nSPS) is 11.7. The summed E-state index contributed by atoms with van der Waals surface area (Å²) in [6.45, 7) is 4.31. The first kappa shape index (κ1) is 17.6. The van der Waals surface area contributed by atoms with Gasteiger partial charge >= 0.3 is 0 Å². The first-order valence-corrected chi connectivity index (χ1v) is 9.24. The largest absolute Gasteiger partial charge is 0.353 e. The van der Waals surface area contributed by atoms with Crippen LogP contribution in [-0.4, -0.2) is 30.2 Å². The first-order chi connectivity index (χ1) is 11.1. The Hall–Kier alpha value is -1.79. The van der Waals surface area contributed by atoms with Gasteiger partial charge < -0.3 is 10.6 Å². The van der Waals surface area contributed by atoms with Crippen LogP contribution < -0.4 is 10.6 Å². The van der Waals surface area contributed by atoms with E-state index in [1.165, 1.54) is 21.8 Å². The maximum absolute atomic E-state index is 12.0. The highest BCUT2D eigenvalue weighted by Crippen LogP contribution is 2.17. The van der Waals surface area contributed by atoms with E-state index in [2.05, 4.69) is 41.8 Å². The van der Waals surface area contributed by atoms with E-state index in [0.29, 0.717) is 11.4 Å². The van der Waals surface area contributed by atoms with Crippen LogP contribution in [-0.2, 0) is 4.79 Å². The van der Waals surface area contributed by atoms with E-state index in [9.17, 15) is 9.59 Å². The van der Waals surface area contributed by atoms with Crippen molar-refractivity contribution >= 4 is 34.9 Å². The Labute approximate surface area is 144 Å². The number of thiophene rings is 1. The number of hydrogen-bond donors (Lipinski definition) is 2. The van der Waals surface area contributed by atoms with E-state index < -0.39 is 6.04 Å². The highest BCUT2D eigenvalue weighted by Gasteiger charge is 2.16. The lowest BCUT2D eigenvalue weighted by Gasteiger charge is -2.13. The summed E-state index contributed by atoms with van der Waals surface area (Å²) in [5.74, 6) is 0.413. The predicted octanol–water partition coefficient (Wildman–Crippen LogP) is 3.08. The van der Waals surface area contributed by atoms with Gasteiger partial charge in [-0.25, -0.2) is 0 Å². The van der Waals surface area contributed by atoms with Crippen molar-refractivity contribution in [3.63, 3.8) is 0 Å². The van der Waals surface area contributed by atoms with E-state index in [1.807, 2.05) is 11.4 Å². The molecule has 1 heterocycles. The highest BCUT2D eigenvalue weighted by molar-refractivity contribution is 7.99. The molecule has 2 amide bonds. The van der Waals surface area contributed by atoms with Crippen molar-refractivity contribution in [3.05, 3.63) is 52.2 Å². The van der Waals surface area contributed by atoms with Gasteiger partial charge in [0.15, 0.2) is 0 Å². The summed E-state index contributed by atoms with van der Waals surface area (Å²) in [6, 6.07) is 11.3. The fourth-order valence-electron chi connectivity index (χ4n) is 1.87. The Morgan fingerprint density at radius 2 is 1.96 bits per heavy atom. The van der Waals surface area contributed by atoms with Crippen LogP contribution in [0.4, 0.5) is 0 Å². The Morgan fingerprint density at radius 3 is 2.61 bits per heavy atom. The molecule has 0 bridgehead atoms. The third-order valence-corrected chi connectivity index (χ3v) is 5.06. The van der Waals surface area contributed by atoms with Crippen LogP contribution in [0.5, 0.6) is 0 Å². The molecule has 122 valence electrons. The van der Waals surface area contributed by atoms with E-state index in [0.717, 1.165) is 5.75 Å². The van der Waals surface area contributed by atoms with Crippen molar-refractivity contribution in [2.24, 2.45) is 0 Å². The molecule has 2 N–H and O–H groups in total. The molecule has 0 radical (unpaired) electrons. The molecular weight excluding hydrogens is 328 g/mol. The van der Waals surface area contributed by atoms with E-state index in [-0.39, 0.29) is 11.8 Å². The summed E-state index contributed by atoms with van der Waals surface area (Å²) >= 11 is 3.05. The van der Waals surface area contributed by atoms with Crippen LogP contribution in [0.1, 0.15) is 22.2 Å². The fourth-order valence-corrected chi connectivity index (χ4v) is 3.27. The van der Waals surface area contributed by atoms with Crippen LogP contribution in [0, 0.1) is 6.92 Å². The fraction of sp³-hybridized carbons (Fsp3) is 0.294. The van der Waals surface area contributed by atoms with Gasteiger partial charge in [-0.1, -0.05) is 23.8 Å².